The third-order valence-corrected chi connectivity index (χ3v) is 8.27. The number of likely N-dealkylation sites (N-methyl/N-ethyl adjacent to an activating group) is 1. The first kappa shape index (κ1) is 35.1. The van der Waals surface area contributed by atoms with E-state index < -0.39 is 28.4 Å². The van der Waals surface area contributed by atoms with Gasteiger partial charge in [-0.2, -0.15) is 0 Å². The zero-order chi connectivity index (χ0) is 34.1. The standard InChI is InChI=1S/C38H45N3O6/c1-7-23-46-36(42)33-26(2)39-27(3)34(35(33)30-19-14-20-31(24-30)41(44)45)37(43)47-38(4,5)25-40(6)22-21-32(28-15-10-8-11-16-28)29-17-12-9-13-18-29/h8-20,24,32,35,39H,7,21-23,25H2,1-6H3. The van der Waals surface area contributed by atoms with Gasteiger partial charge < -0.3 is 19.7 Å². The maximum atomic E-state index is 14.1. The van der Waals surface area contributed by atoms with Crippen LogP contribution >= 0.6 is 0 Å². The van der Waals surface area contributed by atoms with Crippen molar-refractivity contribution in [3.05, 3.63) is 134 Å². The first-order valence-electron chi connectivity index (χ1n) is 16.0. The van der Waals surface area contributed by atoms with Crippen LogP contribution in [0.3, 0.4) is 0 Å². The number of esters is 2. The number of nitro groups is 1. The van der Waals surface area contributed by atoms with Crippen molar-refractivity contribution in [3.8, 4) is 0 Å². The molecule has 3 aromatic carbocycles. The lowest BCUT2D eigenvalue weighted by Crippen LogP contribution is -2.42. The number of carbonyl (C=O) groups is 2. The number of nitro benzene ring substituents is 1. The highest BCUT2D eigenvalue weighted by Gasteiger charge is 2.40. The summed E-state index contributed by atoms with van der Waals surface area (Å²) in [5.74, 6) is -1.90. The Balaban J connectivity index is 1.55. The van der Waals surface area contributed by atoms with Gasteiger partial charge in [-0.3, -0.25) is 10.1 Å². The maximum absolute atomic E-state index is 14.1. The van der Waals surface area contributed by atoms with Crippen molar-refractivity contribution < 1.29 is 24.0 Å². The van der Waals surface area contributed by atoms with E-state index in [-0.39, 0.29) is 29.4 Å². The Morgan fingerprint density at radius 2 is 1.49 bits per heavy atom. The molecule has 4 rings (SSSR count). The van der Waals surface area contributed by atoms with E-state index in [1.807, 2.05) is 40.0 Å². The number of allylic oxidation sites excluding steroid dienone is 2. The Bertz CT molecular complexity index is 1590. The van der Waals surface area contributed by atoms with Crippen LogP contribution in [0.1, 0.15) is 76.0 Å². The lowest BCUT2D eigenvalue weighted by Gasteiger charge is -2.34. The van der Waals surface area contributed by atoms with Crippen LogP contribution < -0.4 is 5.32 Å². The number of carbonyl (C=O) groups excluding carboxylic acids is 2. The van der Waals surface area contributed by atoms with Crippen LogP contribution in [-0.2, 0) is 19.1 Å². The monoisotopic (exact) mass is 639 g/mol. The molecule has 0 amide bonds. The molecule has 0 aromatic heterocycles. The van der Waals surface area contributed by atoms with Gasteiger partial charge in [-0.25, -0.2) is 9.59 Å². The first-order valence-corrected chi connectivity index (χ1v) is 16.0. The highest BCUT2D eigenvalue weighted by atomic mass is 16.6. The molecular formula is C38H45N3O6. The van der Waals surface area contributed by atoms with Crippen LogP contribution in [0.4, 0.5) is 5.69 Å². The molecule has 0 saturated heterocycles. The van der Waals surface area contributed by atoms with E-state index in [1.54, 1.807) is 26.0 Å². The quantitative estimate of drug-likeness (QED) is 0.112. The van der Waals surface area contributed by atoms with Gasteiger partial charge in [0.05, 0.1) is 28.6 Å². The van der Waals surface area contributed by atoms with Crippen LogP contribution in [0.15, 0.2) is 107 Å². The van der Waals surface area contributed by atoms with Gasteiger partial charge >= 0.3 is 11.9 Å². The molecule has 1 unspecified atom stereocenters. The highest BCUT2D eigenvalue weighted by Crippen LogP contribution is 2.41. The van der Waals surface area contributed by atoms with Gasteiger partial charge in [0.2, 0.25) is 0 Å². The molecule has 248 valence electrons. The van der Waals surface area contributed by atoms with E-state index in [2.05, 4.69) is 58.7 Å². The van der Waals surface area contributed by atoms with Crippen LogP contribution in [0.5, 0.6) is 0 Å². The fourth-order valence-corrected chi connectivity index (χ4v) is 6.27. The normalized spacial score (nSPS) is 15.1. The smallest absolute Gasteiger partial charge is 0.337 e. The van der Waals surface area contributed by atoms with Gasteiger partial charge in [0, 0.05) is 36.0 Å². The lowest BCUT2D eigenvalue weighted by atomic mass is 9.80. The fourth-order valence-electron chi connectivity index (χ4n) is 6.27. The van der Waals surface area contributed by atoms with E-state index in [1.165, 1.54) is 23.3 Å². The second-order valence-electron chi connectivity index (χ2n) is 12.7. The number of dihydropyridines is 1. The molecule has 0 aliphatic carbocycles. The van der Waals surface area contributed by atoms with Crippen molar-refractivity contribution in [2.75, 3.05) is 26.7 Å². The van der Waals surface area contributed by atoms with E-state index in [4.69, 9.17) is 9.47 Å². The molecule has 0 bridgehead atoms. The Morgan fingerprint density at radius 1 is 0.915 bits per heavy atom. The molecule has 1 aliphatic rings. The Morgan fingerprint density at radius 3 is 2.04 bits per heavy atom. The number of hydrogen-bond donors (Lipinski definition) is 1. The number of nitrogens with one attached hydrogen (secondary N) is 1. The average molecular weight is 640 g/mol. The van der Waals surface area contributed by atoms with Crippen LogP contribution in [0.25, 0.3) is 0 Å². The number of nitrogens with zero attached hydrogens (tertiary/aromatic N) is 2. The molecule has 9 heteroatoms. The molecule has 9 nitrogen and oxygen atoms in total. The van der Waals surface area contributed by atoms with Crippen LogP contribution in [0, 0.1) is 10.1 Å². The highest BCUT2D eigenvalue weighted by molar-refractivity contribution is 6.00. The van der Waals surface area contributed by atoms with Crippen molar-refractivity contribution in [2.45, 2.75) is 64.9 Å². The van der Waals surface area contributed by atoms with E-state index in [0.29, 0.717) is 29.9 Å². The molecule has 1 atom stereocenters. The van der Waals surface area contributed by atoms with Gasteiger partial charge in [-0.1, -0.05) is 79.7 Å². The number of ether oxygens (including phenoxy) is 2. The largest absolute Gasteiger partial charge is 0.462 e. The molecule has 3 aromatic rings. The molecule has 1 N–H and O–H groups in total. The van der Waals surface area contributed by atoms with Crippen molar-refractivity contribution >= 4 is 17.6 Å². The minimum atomic E-state index is -0.918. The Kier molecular flexibility index (Phi) is 11.7. The molecular weight excluding hydrogens is 594 g/mol. The minimum absolute atomic E-state index is 0.142. The second kappa shape index (κ2) is 15.7. The summed E-state index contributed by atoms with van der Waals surface area (Å²) in [6, 6.07) is 26.9. The van der Waals surface area contributed by atoms with Gasteiger partial charge in [0.1, 0.15) is 5.60 Å². The summed E-state index contributed by atoms with van der Waals surface area (Å²) >= 11 is 0. The van der Waals surface area contributed by atoms with Gasteiger partial charge in [-0.05, 0) is 70.8 Å². The molecule has 0 fully saturated rings. The number of rotatable bonds is 14. The summed E-state index contributed by atoms with van der Waals surface area (Å²) in [7, 11) is 2.01. The summed E-state index contributed by atoms with van der Waals surface area (Å²) in [5, 5.41) is 14.8. The summed E-state index contributed by atoms with van der Waals surface area (Å²) < 4.78 is 11.7. The van der Waals surface area contributed by atoms with Crippen molar-refractivity contribution in [1.82, 2.24) is 10.2 Å². The molecule has 0 saturated carbocycles. The summed E-state index contributed by atoms with van der Waals surface area (Å²) in [6.45, 7) is 10.5. The molecule has 47 heavy (non-hydrogen) atoms. The first-order chi connectivity index (χ1) is 22.4. The van der Waals surface area contributed by atoms with E-state index >= 15 is 0 Å². The average Bonchev–Trinajstić information content (AvgIpc) is 3.03. The van der Waals surface area contributed by atoms with Crippen molar-refractivity contribution in [1.29, 1.82) is 0 Å². The second-order valence-corrected chi connectivity index (χ2v) is 12.7. The SMILES string of the molecule is CCCOC(=O)C1=C(C)NC(C)=C(C(=O)OC(C)(C)CN(C)CCC(c2ccccc2)c2ccccc2)C1c1cccc([N+](=O)[O-])c1. The summed E-state index contributed by atoms with van der Waals surface area (Å²) in [5.41, 5.74) is 3.33. The zero-order valence-electron chi connectivity index (χ0n) is 28.1. The molecule has 1 aliphatic heterocycles. The van der Waals surface area contributed by atoms with Gasteiger partial charge in [-0.15, -0.1) is 0 Å². The van der Waals surface area contributed by atoms with Crippen molar-refractivity contribution in [2.24, 2.45) is 0 Å². The third-order valence-electron chi connectivity index (χ3n) is 8.27. The maximum Gasteiger partial charge on any atom is 0.337 e. The fraction of sp³-hybridized carbons (Fsp3) is 0.368. The van der Waals surface area contributed by atoms with Crippen LogP contribution in [0.2, 0.25) is 0 Å². The Labute approximate surface area is 277 Å². The molecule has 0 radical (unpaired) electrons. The minimum Gasteiger partial charge on any atom is -0.462 e. The van der Waals surface area contributed by atoms with E-state index in [0.717, 1.165) is 13.0 Å². The molecule has 0 spiro atoms. The van der Waals surface area contributed by atoms with Gasteiger partial charge in [0.25, 0.3) is 5.69 Å². The number of benzene rings is 3. The number of hydrogen-bond acceptors (Lipinski definition) is 8. The predicted molar refractivity (Wildman–Crippen MR) is 183 cm³/mol. The third kappa shape index (κ3) is 8.95. The van der Waals surface area contributed by atoms with E-state index in [9.17, 15) is 19.7 Å². The Hall–Kier alpha value is -4.76. The summed E-state index contributed by atoms with van der Waals surface area (Å²) in [4.78, 5) is 40.8. The zero-order valence-corrected chi connectivity index (χ0v) is 28.1. The van der Waals surface area contributed by atoms with Crippen LogP contribution in [-0.4, -0.2) is 54.1 Å². The van der Waals surface area contributed by atoms with Crippen molar-refractivity contribution in [3.63, 3.8) is 0 Å². The topological polar surface area (TPSA) is 111 Å². The lowest BCUT2D eigenvalue weighted by molar-refractivity contribution is -0.384. The van der Waals surface area contributed by atoms with Gasteiger partial charge in [0.15, 0.2) is 0 Å². The molecule has 1 heterocycles. The predicted octanol–water partition coefficient (Wildman–Crippen LogP) is 7.26. The summed E-state index contributed by atoms with van der Waals surface area (Å²) in [6.07, 6.45) is 1.49. The number of non-ortho nitro benzene ring substituents is 1.